The third-order valence-corrected chi connectivity index (χ3v) is 3.22. The van der Waals surface area contributed by atoms with Crippen LogP contribution in [0, 0.1) is 0 Å². The van der Waals surface area contributed by atoms with Crippen LogP contribution in [0.2, 0.25) is 0 Å². The first-order valence-electron chi connectivity index (χ1n) is 7.26. The van der Waals surface area contributed by atoms with Crippen LogP contribution in [-0.2, 0) is 7.05 Å². The lowest BCUT2D eigenvalue weighted by molar-refractivity contribution is 0.103. The van der Waals surface area contributed by atoms with Crippen LogP contribution in [-0.4, -0.2) is 15.3 Å². The van der Waals surface area contributed by atoms with Gasteiger partial charge in [-0.25, -0.2) is 4.98 Å². The predicted molar refractivity (Wildman–Crippen MR) is 90.7 cm³/mol. The Kier molecular flexibility index (Phi) is 5.26. The lowest BCUT2D eigenvalue weighted by Gasteiger charge is -2.01. The average Bonchev–Trinajstić information content (AvgIpc) is 2.93. The molecule has 1 aromatic heterocycles. The van der Waals surface area contributed by atoms with Crippen molar-refractivity contribution in [2.24, 2.45) is 7.05 Å². The van der Waals surface area contributed by atoms with Crippen molar-refractivity contribution in [3.63, 3.8) is 0 Å². The van der Waals surface area contributed by atoms with Crippen molar-refractivity contribution in [2.75, 3.05) is 0 Å². The van der Waals surface area contributed by atoms with Gasteiger partial charge in [-0.2, -0.15) is 0 Å². The molecule has 22 heavy (non-hydrogen) atoms. The van der Waals surface area contributed by atoms with Crippen molar-refractivity contribution >= 4 is 11.4 Å². The van der Waals surface area contributed by atoms with Gasteiger partial charge in [-0.1, -0.05) is 60.7 Å². The summed E-state index contributed by atoms with van der Waals surface area (Å²) in [5.74, 6) is 0.712. The summed E-state index contributed by atoms with van der Waals surface area (Å²) in [7, 11) is 1.90. The Labute approximate surface area is 131 Å². The number of rotatable bonds is 5. The molecule has 0 aliphatic rings. The highest BCUT2D eigenvalue weighted by Crippen LogP contribution is 2.17. The standard InChI is InChI=1S/C19H20N2O/c1-4-6-11-16(10-5-2)19-20-17(14-21(19)3)18(22)15-12-8-7-9-13-15/h4-14H,1-3H3/b6-4+,10-5-,16-11+. The summed E-state index contributed by atoms with van der Waals surface area (Å²) in [4.78, 5) is 17.0. The Hall–Kier alpha value is -2.68. The van der Waals surface area contributed by atoms with E-state index in [1.54, 1.807) is 18.3 Å². The number of nitrogens with zero attached hydrogens (tertiary/aromatic N) is 2. The number of aromatic nitrogens is 2. The van der Waals surface area contributed by atoms with Gasteiger partial charge in [0.1, 0.15) is 11.5 Å². The molecule has 0 saturated heterocycles. The monoisotopic (exact) mass is 292 g/mol. The maximum Gasteiger partial charge on any atom is 0.212 e. The van der Waals surface area contributed by atoms with Gasteiger partial charge in [-0.3, -0.25) is 4.79 Å². The number of allylic oxidation sites excluding steroid dienone is 6. The SMILES string of the molecule is C\C=C/C(=C\C=C\C)c1nc(C(=O)c2ccccc2)cn1C. The fourth-order valence-corrected chi connectivity index (χ4v) is 2.17. The second-order valence-electron chi connectivity index (χ2n) is 4.90. The maximum atomic E-state index is 12.5. The van der Waals surface area contributed by atoms with Gasteiger partial charge in [0, 0.05) is 24.4 Å². The van der Waals surface area contributed by atoms with Crippen molar-refractivity contribution in [1.29, 1.82) is 0 Å². The zero-order valence-corrected chi connectivity index (χ0v) is 13.2. The molecule has 0 N–H and O–H groups in total. The highest BCUT2D eigenvalue weighted by atomic mass is 16.1. The summed E-state index contributed by atoms with van der Waals surface area (Å²) >= 11 is 0. The van der Waals surface area contributed by atoms with Crippen LogP contribution in [0.15, 0.2) is 66.9 Å². The van der Waals surface area contributed by atoms with E-state index in [-0.39, 0.29) is 5.78 Å². The second-order valence-corrected chi connectivity index (χ2v) is 4.90. The Morgan fingerprint density at radius 3 is 2.50 bits per heavy atom. The summed E-state index contributed by atoms with van der Waals surface area (Å²) in [5, 5.41) is 0. The highest BCUT2D eigenvalue weighted by molar-refractivity contribution is 6.07. The smallest absolute Gasteiger partial charge is 0.212 e. The van der Waals surface area contributed by atoms with Gasteiger partial charge in [0.05, 0.1) is 0 Å². The molecule has 0 aliphatic carbocycles. The first kappa shape index (κ1) is 15.7. The molecular formula is C19H20N2O. The van der Waals surface area contributed by atoms with Crippen molar-refractivity contribution in [2.45, 2.75) is 13.8 Å². The van der Waals surface area contributed by atoms with E-state index in [0.717, 1.165) is 11.4 Å². The molecular weight excluding hydrogens is 272 g/mol. The van der Waals surface area contributed by atoms with Crippen LogP contribution in [0.1, 0.15) is 35.7 Å². The van der Waals surface area contributed by atoms with Crippen LogP contribution in [0.4, 0.5) is 0 Å². The Bertz CT molecular complexity index is 734. The Morgan fingerprint density at radius 2 is 1.86 bits per heavy atom. The number of benzene rings is 1. The number of aryl methyl sites for hydroxylation is 1. The van der Waals surface area contributed by atoms with Crippen LogP contribution >= 0.6 is 0 Å². The molecule has 2 rings (SSSR count). The van der Waals surface area contributed by atoms with Crippen molar-refractivity contribution in [3.8, 4) is 0 Å². The molecule has 3 heteroatoms. The second kappa shape index (κ2) is 7.36. The van der Waals surface area contributed by atoms with Gasteiger partial charge in [-0.05, 0) is 13.8 Å². The van der Waals surface area contributed by atoms with E-state index in [2.05, 4.69) is 4.98 Å². The van der Waals surface area contributed by atoms with Crippen LogP contribution < -0.4 is 0 Å². The number of hydrogen-bond donors (Lipinski definition) is 0. The number of carbonyl (C=O) groups excluding carboxylic acids is 1. The largest absolute Gasteiger partial charge is 0.333 e. The number of ketones is 1. The minimum atomic E-state index is -0.0617. The lowest BCUT2D eigenvalue weighted by Crippen LogP contribution is -2.01. The third-order valence-electron chi connectivity index (χ3n) is 3.22. The Balaban J connectivity index is 2.41. The van der Waals surface area contributed by atoms with E-state index < -0.39 is 0 Å². The number of carbonyl (C=O) groups is 1. The topological polar surface area (TPSA) is 34.9 Å². The molecule has 3 nitrogen and oxygen atoms in total. The van der Waals surface area contributed by atoms with Gasteiger partial charge in [-0.15, -0.1) is 0 Å². The van der Waals surface area contributed by atoms with Crippen molar-refractivity contribution in [3.05, 3.63) is 84.0 Å². The molecule has 0 saturated carbocycles. The van der Waals surface area contributed by atoms with Gasteiger partial charge in [0.2, 0.25) is 5.78 Å². The number of imidazole rings is 1. The fraction of sp³-hybridized carbons (Fsp3) is 0.158. The van der Waals surface area contributed by atoms with Crippen molar-refractivity contribution < 1.29 is 4.79 Å². The summed E-state index contributed by atoms with van der Waals surface area (Å²) in [6.07, 6.45) is 11.6. The zero-order valence-electron chi connectivity index (χ0n) is 13.2. The maximum absolute atomic E-state index is 12.5. The summed E-state index contributed by atoms with van der Waals surface area (Å²) < 4.78 is 1.88. The van der Waals surface area contributed by atoms with Gasteiger partial charge < -0.3 is 4.57 Å². The molecule has 0 bridgehead atoms. The molecule has 0 radical (unpaired) electrons. The molecule has 0 spiro atoms. The molecule has 0 atom stereocenters. The van der Waals surface area contributed by atoms with E-state index in [1.807, 2.05) is 74.0 Å². The molecule has 1 aromatic carbocycles. The quantitative estimate of drug-likeness (QED) is 0.612. The summed E-state index contributed by atoms with van der Waals surface area (Å²) in [6, 6.07) is 9.21. The van der Waals surface area contributed by atoms with Gasteiger partial charge in [0.25, 0.3) is 0 Å². The first-order chi connectivity index (χ1) is 10.7. The van der Waals surface area contributed by atoms with Crippen LogP contribution in [0.5, 0.6) is 0 Å². The molecule has 0 unspecified atom stereocenters. The van der Waals surface area contributed by atoms with Gasteiger partial charge >= 0.3 is 0 Å². The molecule has 2 aromatic rings. The van der Waals surface area contributed by atoms with E-state index in [1.165, 1.54) is 0 Å². The molecule has 0 aliphatic heterocycles. The lowest BCUT2D eigenvalue weighted by atomic mass is 10.1. The zero-order chi connectivity index (χ0) is 15.9. The van der Waals surface area contributed by atoms with Crippen LogP contribution in [0.25, 0.3) is 5.57 Å². The molecule has 0 fully saturated rings. The van der Waals surface area contributed by atoms with E-state index >= 15 is 0 Å². The average molecular weight is 292 g/mol. The molecule has 0 amide bonds. The summed E-state index contributed by atoms with van der Waals surface area (Å²) in [6.45, 7) is 3.93. The molecule has 112 valence electrons. The molecule has 1 heterocycles. The Morgan fingerprint density at radius 1 is 1.14 bits per heavy atom. The minimum absolute atomic E-state index is 0.0617. The summed E-state index contributed by atoms with van der Waals surface area (Å²) in [5.41, 5.74) is 2.08. The van der Waals surface area contributed by atoms with Crippen LogP contribution in [0.3, 0.4) is 0 Å². The van der Waals surface area contributed by atoms with Gasteiger partial charge in [0.15, 0.2) is 0 Å². The van der Waals surface area contributed by atoms with E-state index in [0.29, 0.717) is 11.3 Å². The minimum Gasteiger partial charge on any atom is -0.333 e. The number of hydrogen-bond acceptors (Lipinski definition) is 2. The first-order valence-corrected chi connectivity index (χ1v) is 7.26. The highest BCUT2D eigenvalue weighted by Gasteiger charge is 2.15. The normalized spacial score (nSPS) is 12.4. The van der Waals surface area contributed by atoms with E-state index in [9.17, 15) is 4.79 Å². The van der Waals surface area contributed by atoms with Crippen molar-refractivity contribution in [1.82, 2.24) is 9.55 Å². The predicted octanol–water partition coefficient (Wildman–Crippen LogP) is 4.19. The van der Waals surface area contributed by atoms with E-state index in [4.69, 9.17) is 0 Å². The third kappa shape index (κ3) is 3.50. The fourth-order valence-electron chi connectivity index (χ4n) is 2.17.